The standard InChI is InChI=1S/C23H23BrN4S/c1-17-5-3-6-18(2)22(17)26-23-28(13-4-12-27-14-11-25-16-27)21(15-29-23)19-7-9-20(24)10-8-19/h3,5-11,14-16H,4,12-13H2,1-2H3. The molecule has 0 amide bonds. The Bertz CT molecular complexity index is 1130. The highest BCUT2D eigenvalue weighted by atomic mass is 79.9. The summed E-state index contributed by atoms with van der Waals surface area (Å²) in [5.74, 6) is 0. The van der Waals surface area contributed by atoms with Crippen LogP contribution in [-0.2, 0) is 13.1 Å². The molecule has 0 aliphatic heterocycles. The van der Waals surface area contributed by atoms with Crippen LogP contribution in [0.5, 0.6) is 0 Å². The van der Waals surface area contributed by atoms with Crippen molar-refractivity contribution in [2.45, 2.75) is 33.4 Å². The van der Waals surface area contributed by atoms with Gasteiger partial charge in [0, 0.05) is 35.3 Å². The smallest absolute Gasteiger partial charge is 0.190 e. The van der Waals surface area contributed by atoms with Gasteiger partial charge < -0.3 is 9.13 Å². The van der Waals surface area contributed by atoms with Crippen LogP contribution < -0.4 is 4.80 Å². The lowest BCUT2D eigenvalue weighted by atomic mass is 10.1. The normalized spacial score (nSPS) is 11.9. The molecule has 0 atom stereocenters. The van der Waals surface area contributed by atoms with Gasteiger partial charge in [-0.05, 0) is 49.1 Å². The molecule has 0 aliphatic rings. The second kappa shape index (κ2) is 8.93. The second-order valence-electron chi connectivity index (χ2n) is 7.07. The molecule has 0 bridgehead atoms. The molecule has 0 unspecified atom stereocenters. The van der Waals surface area contributed by atoms with Crippen molar-refractivity contribution in [1.29, 1.82) is 0 Å². The molecule has 0 aliphatic carbocycles. The molecule has 0 spiro atoms. The predicted molar refractivity (Wildman–Crippen MR) is 123 cm³/mol. The van der Waals surface area contributed by atoms with Crippen molar-refractivity contribution >= 4 is 33.0 Å². The van der Waals surface area contributed by atoms with Crippen LogP contribution in [-0.4, -0.2) is 14.1 Å². The van der Waals surface area contributed by atoms with Crippen molar-refractivity contribution in [3.63, 3.8) is 0 Å². The van der Waals surface area contributed by atoms with Crippen LogP contribution >= 0.6 is 27.3 Å². The third-order valence-electron chi connectivity index (χ3n) is 4.94. The number of thiazole rings is 1. The van der Waals surface area contributed by atoms with Crippen molar-refractivity contribution in [2.75, 3.05) is 0 Å². The first-order chi connectivity index (χ1) is 14.1. The number of imidazole rings is 1. The summed E-state index contributed by atoms with van der Waals surface area (Å²) in [7, 11) is 0. The molecule has 4 nitrogen and oxygen atoms in total. The van der Waals surface area contributed by atoms with E-state index in [1.165, 1.54) is 22.4 Å². The van der Waals surface area contributed by atoms with Gasteiger partial charge in [0.1, 0.15) is 0 Å². The van der Waals surface area contributed by atoms with Crippen LogP contribution in [0.1, 0.15) is 17.5 Å². The molecule has 0 fully saturated rings. The highest BCUT2D eigenvalue weighted by molar-refractivity contribution is 9.10. The number of aryl methyl sites for hydroxylation is 3. The van der Waals surface area contributed by atoms with E-state index in [-0.39, 0.29) is 0 Å². The highest BCUT2D eigenvalue weighted by Gasteiger charge is 2.10. The molecule has 4 rings (SSSR count). The van der Waals surface area contributed by atoms with E-state index in [9.17, 15) is 0 Å². The lowest BCUT2D eigenvalue weighted by Crippen LogP contribution is -2.17. The van der Waals surface area contributed by atoms with Gasteiger partial charge in [0.25, 0.3) is 0 Å². The Hall–Kier alpha value is -2.44. The molecule has 0 N–H and O–H groups in total. The van der Waals surface area contributed by atoms with Crippen LogP contribution in [0, 0.1) is 13.8 Å². The van der Waals surface area contributed by atoms with E-state index in [0.717, 1.165) is 34.5 Å². The monoisotopic (exact) mass is 466 g/mol. The Morgan fingerprint density at radius 3 is 2.48 bits per heavy atom. The fraction of sp³-hybridized carbons (Fsp3) is 0.217. The number of para-hydroxylation sites is 1. The molecule has 2 aromatic heterocycles. The lowest BCUT2D eigenvalue weighted by Gasteiger charge is -2.11. The number of hydrogen-bond donors (Lipinski definition) is 0. The van der Waals surface area contributed by atoms with E-state index in [2.05, 4.69) is 91.7 Å². The third kappa shape index (κ3) is 4.60. The van der Waals surface area contributed by atoms with Crippen molar-refractivity contribution in [3.8, 4) is 11.3 Å². The van der Waals surface area contributed by atoms with Gasteiger partial charge in [-0.2, -0.15) is 0 Å². The average Bonchev–Trinajstić information content (AvgIpc) is 3.36. The van der Waals surface area contributed by atoms with Gasteiger partial charge in [0.2, 0.25) is 0 Å². The summed E-state index contributed by atoms with van der Waals surface area (Å²) >= 11 is 5.24. The van der Waals surface area contributed by atoms with Crippen LogP contribution in [0.4, 0.5) is 5.69 Å². The van der Waals surface area contributed by atoms with Crippen LogP contribution in [0.25, 0.3) is 11.3 Å². The zero-order valence-corrected chi connectivity index (χ0v) is 18.9. The van der Waals surface area contributed by atoms with Crippen LogP contribution in [0.2, 0.25) is 0 Å². The lowest BCUT2D eigenvalue weighted by molar-refractivity contribution is 0.559. The van der Waals surface area contributed by atoms with E-state index < -0.39 is 0 Å². The molecule has 148 valence electrons. The highest BCUT2D eigenvalue weighted by Crippen LogP contribution is 2.25. The first-order valence-electron chi connectivity index (χ1n) is 9.63. The van der Waals surface area contributed by atoms with Crippen LogP contribution in [0.15, 0.2) is 76.0 Å². The topological polar surface area (TPSA) is 35.1 Å². The SMILES string of the molecule is Cc1cccc(C)c1N=c1scc(-c2ccc(Br)cc2)n1CCCn1ccnc1. The molecular weight excluding hydrogens is 444 g/mol. The number of hydrogen-bond acceptors (Lipinski definition) is 3. The van der Waals surface area contributed by atoms with Gasteiger partial charge in [0.05, 0.1) is 17.7 Å². The second-order valence-corrected chi connectivity index (χ2v) is 8.82. The number of benzene rings is 2. The Kier molecular flexibility index (Phi) is 6.11. The molecule has 4 aromatic rings. The minimum Gasteiger partial charge on any atom is -0.337 e. The molecule has 2 heterocycles. The molecule has 6 heteroatoms. The van der Waals surface area contributed by atoms with E-state index in [1.807, 2.05) is 18.7 Å². The minimum absolute atomic E-state index is 0.900. The van der Waals surface area contributed by atoms with E-state index in [4.69, 9.17) is 4.99 Å². The maximum Gasteiger partial charge on any atom is 0.190 e. The fourth-order valence-corrected chi connectivity index (χ4v) is 4.60. The Morgan fingerprint density at radius 1 is 1.03 bits per heavy atom. The number of halogens is 1. The van der Waals surface area contributed by atoms with E-state index >= 15 is 0 Å². The van der Waals surface area contributed by atoms with E-state index in [0.29, 0.717) is 0 Å². The minimum atomic E-state index is 0.900. The molecule has 0 saturated heterocycles. The summed E-state index contributed by atoms with van der Waals surface area (Å²) in [4.78, 5) is 10.2. The zero-order valence-electron chi connectivity index (χ0n) is 16.5. The van der Waals surface area contributed by atoms with E-state index in [1.54, 1.807) is 11.3 Å². The molecule has 0 radical (unpaired) electrons. The molecule has 29 heavy (non-hydrogen) atoms. The summed E-state index contributed by atoms with van der Waals surface area (Å²) in [5.41, 5.74) is 5.88. The van der Waals surface area contributed by atoms with Crippen molar-refractivity contribution in [2.24, 2.45) is 4.99 Å². The number of rotatable bonds is 6. The van der Waals surface area contributed by atoms with Gasteiger partial charge in [-0.25, -0.2) is 9.98 Å². The quantitative estimate of drug-likeness (QED) is 0.337. The summed E-state index contributed by atoms with van der Waals surface area (Å²) in [6.07, 6.45) is 6.72. The first kappa shape index (κ1) is 19.9. The van der Waals surface area contributed by atoms with Gasteiger partial charge in [-0.3, -0.25) is 0 Å². The average molecular weight is 467 g/mol. The number of nitrogens with zero attached hydrogens (tertiary/aromatic N) is 4. The Morgan fingerprint density at radius 2 is 1.79 bits per heavy atom. The maximum absolute atomic E-state index is 5.07. The summed E-state index contributed by atoms with van der Waals surface area (Å²) in [6, 6.07) is 14.8. The summed E-state index contributed by atoms with van der Waals surface area (Å²) in [5, 5.41) is 2.22. The fourth-order valence-electron chi connectivity index (χ4n) is 3.39. The van der Waals surface area contributed by atoms with Gasteiger partial charge in [-0.15, -0.1) is 11.3 Å². The summed E-state index contributed by atoms with van der Waals surface area (Å²) in [6.45, 7) is 6.08. The molecule has 0 saturated carbocycles. The van der Waals surface area contributed by atoms with Gasteiger partial charge in [0.15, 0.2) is 4.80 Å². The van der Waals surface area contributed by atoms with Crippen LogP contribution in [0.3, 0.4) is 0 Å². The van der Waals surface area contributed by atoms with Gasteiger partial charge in [-0.1, -0.05) is 46.3 Å². The molecular formula is C23H23BrN4S. The largest absolute Gasteiger partial charge is 0.337 e. The Labute approximate surface area is 183 Å². The van der Waals surface area contributed by atoms with Crippen molar-refractivity contribution < 1.29 is 0 Å². The molecule has 2 aromatic carbocycles. The predicted octanol–water partition coefficient (Wildman–Crippen LogP) is 6.12. The zero-order chi connectivity index (χ0) is 20.2. The van der Waals surface area contributed by atoms with Crippen molar-refractivity contribution in [3.05, 3.63) is 87.0 Å². The first-order valence-corrected chi connectivity index (χ1v) is 11.3. The third-order valence-corrected chi connectivity index (χ3v) is 6.33. The Balaban J connectivity index is 1.74. The van der Waals surface area contributed by atoms with Crippen molar-refractivity contribution in [1.82, 2.24) is 14.1 Å². The summed E-state index contributed by atoms with van der Waals surface area (Å²) < 4.78 is 5.55. The maximum atomic E-state index is 5.07. The number of aromatic nitrogens is 3. The van der Waals surface area contributed by atoms with Gasteiger partial charge >= 0.3 is 0 Å².